The van der Waals surface area contributed by atoms with Crippen LogP contribution in [0.3, 0.4) is 0 Å². The summed E-state index contributed by atoms with van der Waals surface area (Å²) in [6, 6.07) is 14.2. The second-order valence-corrected chi connectivity index (χ2v) is 10.0. The van der Waals surface area contributed by atoms with Gasteiger partial charge in [-0.1, -0.05) is 32.1 Å². The van der Waals surface area contributed by atoms with Crippen molar-refractivity contribution in [3.63, 3.8) is 0 Å². The van der Waals surface area contributed by atoms with E-state index in [9.17, 15) is 23.1 Å². The first-order valence-corrected chi connectivity index (χ1v) is 12.0. The maximum absolute atomic E-state index is 12.8. The molecule has 12 heteroatoms. The lowest BCUT2D eigenvalue weighted by Crippen LogP contribution is -2.16. The van der Waals surface area contributed by atoms with Gasteiger partial charge in [0.15, 0.2) is 0 Å². The fraction of sp³-hybridized carbons (Fsp3) is 0. The number of rotatable bonds is 6. The van der Waals surface area contributed by atoms with Crippen LogP contribution in [-0.2, 0) is 10.0 Å². The van der Waals surface area contributed by atoms with Crippen LogP contribution in [0, 0.1) is 0 Å². The van der Waals surface area contributed by atoms with Crippen LogP contribution in [0.5, 0.6) is 0 Å². The maximum Gasteiger partial charge on any atom is 0.337 e. The number of anilines is 1. The van der Waals surface area contributed by atoms with Gasteiger partial charge in [0.05, 0.1) is 27.4 Å². The van der Waals surface area contributed by atoms with E-state index in [-0.39, 0.29) is 27.4 Å². The molecule has 0 spiro atoms. The summed E-state index contributed by atoms with van der Waals surface area (Å²) in [5.74, 6) is -1.95. The van der Waals surface area contributed by atoms with Gasteiger partial charge in [0.25, 0.3) is 15.9 Å². The maximum atomic E-state index is 12.8. The van der Waals surface area contributed by atoms with Gasteiger partial charge in [0, 0.05) is 14.0 Å². The molecule has 0 radical (unpaired) electrons. The second-order valence-electron chi connectivity index (χ2n) is 6.22. The molecule has 8 nitrogen and oxygen atoms in total. The molecule has 2 N–H and O–H groups in total. The molecule has 32 heavy (non-hydrogen) atoms. The van der Waals surface area contributed by atoms with Gasteiger partial charge in [0.1, 0.15) is 0 Å². The number of nitrogens with one attached hydrogen (secondary N) is 1. The van der Waals surface area contributed by atoms with Gasteiger partial charge in [-0.15, -0.1) is 5.11 Å². The minimum Gasteiger partial charge on any atom is -0.478 e. The van der Waals surface area contributed by atoms with Crippen LogP contribution in [0.25, 0.3) is 0 Å². The summed E-state index contributed by atoms with van der Waals surface area (Å²) in [7, 11) is -4.22. The Morgan fingerprint density at radius 2 is 1.62 bits per heavy atom. The summed E-state index contributed by atoms with van der Waals surface area (Å²) < 4.78 is 29.4. The minimum absolute atomic E-state index is 0.0352. The number of carbonyl (C=O) groups is 2. The van der Waals surface area contributed by atoms with Gasteiger partial charge in [-0.05, 0) is 76.6 Å². The number of carboxylic acids is 1. The van der Waals surface area contributed by atoms with Crippen LogP contribution in [0.1, 0.15) is 20.7 Å². The zero-order valence-corrected chi connectivity index (χ0v) is 20.5. The highest BCUT2D eigenvalue weighted by molar-refractivity contribution is 9.10. The molecule has 0 atom stereocenters. The van der Waals surface area contributed by atoms with Crippen LogP contribution in [0.15, 0.2) is 84.1 Å². The Bertz CT molecular complexity index is 1350. The third-order valence-electron chi connectivity index (χ3n) is 4.03. The Morgan fingerprint density at radius 1 is 0.938 bits per heavy atom. The van der Waals surface area contributed by atoms with Crippen molar-refractivity contribution in [2.45, 2.75) is 4.90 Å². The summed E-state index contributed by atoms with van der Waals surface area (Å²) in [5.41, 5.74) is 0.161. The molecule has 0 fully saturated rings. The van der Waals surface area contributed by atoms with Crippen molar-refractivity contribution in [1.82, 2.24) is 0 Å². The third kappa shape index (κ3) is 5.80. The molecule has 0 saturated carbocycles. The number of carbonyl (C=O) groups excluding carboxylic acids is 1. The summed E-state index contributed by atoms with van der Waals surface area (Å²) in [4.78, 5) is 24.0. The average molecular weight is 602 g/mol. The van der Waals surface area contributed by atoms with Crippen molar-refractivity contribution in [2.24, 2.45) is 9.63 Å². The molecule has 3 aromatic carbocycles. The highest BCUT2D eigenvalue weighted by Gasteiger charge is 2.20. The molecular formula is C20H12Br2ClN3O5S. The standard InChI is InChI=1S/C20H12Br2ClN3O5S/c21-11-1-8-18(16(9-11)20(28)29)24-19(27)15-10-14(6-7-17(15)22)32(30,31)26-25-13-4-2-12(23)3-5-13/h1-10H,(H,24,27)(H,28,29)/b26-25+. The fourth-order valence-corrected chi connectivity index (χ4v) is 4.20. The predicted molar refractivity (Wildman–Crippen MR) is 126 cm³/mol. The van der Waals surface area contributed by atoms with Crippen LogP contribution < -0.4 is 5.32 Å². The molecule has 0 aromatic heterocycles. The van der Waals surface area contributed by atoms with E-state index in [1.807, 2.05) is 0 Å². The molecule has 3 rings (SSSR count). The van der Waals surface area contributed by atoms with Crippen molar-refractivity contribution in [2.75, 3.05) is 5.32 Å². The molecule has 0 bridgehead atoms. The number of aromatic carboxylic acids is 1. The van der Waals surface area contributed by atoms with Gasteiger partial charge in [-0.2, -0.15) is 8.42 Å². The highest BCUT2D eigenvalue weighted by Crippen LogP contribution is 2.26. The van der Waals surface area contributed by atoms with Crippen molar-refractivity contribution < 1.29 is 23.1 Å². The smallest absolute Gasteiger partial charge is 0.337 e. The van der Waals surface area contributed by atoms with Crippen LogP contribution in [0.4, 0.5) is 11.4 Å². The number of amides is 1. The SMILES string of the molecule is O=C(Nc1ccc(Br)cc1C(=O)O)c1cc(S(=O)(=O)/N=N/c2ccc(Cl)cc2)ccc1Br. The Labute approximate surface area is 204 Å². The Balaban J connectivity index is 1.91. The first-order chi connectivity index (χ1) is 15.1. The largest absolute Gasteiger partial charge is 0.478 e. The molecule has 0 aliphatic heterocycles. The van der Waals surface area contributed by atoms with E-state index >= 15 is 0 Å². The third-order valence-corrected chi connectivity index (χ3v) is 6.61. The van der Waals surface area contributed by atoms with Crippen molar-refractivity contribution in [3.8, 4) is 0 Å². The Morgan fingerprint density at radius 3 is 2.28 bits per heavy atom. The van der Waals surface area contributed by atoms with Crippen LogP contribution >= 0.6 is 43.5 Å². The van der Waals surface area contributed by atoms with E-state index in [4.69, 9.17) is 11.6 Å². The van der Waals surface area contributed by atoms with Gasteiger partial charge in [-0.3, -0.25) is 4.79 Å². The topological polar surface area (TPSA) is 125 Å². The molecule has 3 aromatic rings. The lowest BCUT2D eigenvalue weighted by Gasteiger charge is -2.11. The summed E-state index contributed by atoms with van der Waals surface area (Å²) in [5, 5.41) is 16.0. The lowest BCUT2D eigenvalue weighted by atomic mass is 10.1. The van der Waals surface area contributed by atoms with Gasteiger partial charge in [0.2, 0.25) is 0 Å². The lowest BCUT2D eigenvalue weighted by molar-refractivity contribution is 0.0698. The van der Waals surface area contributed by atoms with Crippen molar-refractivity contribution in [1.29, 1.82) is 0 Å². The number of sulfonamides is 1. The summed E-state index contributed by atoms with van der Waals surface area (Å²) in [6.07, 6.45) is 0. The highest BCUT2D eigenvalue weighted by atomic mass is 79.9. The van der Waals surface area contributed by atoms with Crippen LogP contribution in [0.2, 0.25) is 5.02 Å². The van der Waals surface area contributed by atoms with Crippen molar-refractivity contribution >= 4 is 76.7 Å². The second kappa shape index (κ2) is 9.90. The molecule has 1 amide bonds. The zero-order valence-electron chi connectivity index (χ0n) is 15.8. The number of halogens is 3. The molecule has 164 valence electrons. The first-order valence-electron chi connectivity index (χ1n) is 8.64. The molecule has 0 aliphatic rings. The van der Waals surface area contributed by atoms with E-state index in [0.29, 0.717) is 14.0 Å². The quantitative estimate of drug-likeness (QED) is 0.322. The van der Waals surface area contributed by atoms with E-state index in [0.717, 1.165) is 6.07 Å². The Hall–Kier alpha value is -2.60. The van der Waals surface area contributed by atoms with E-state index in [1.165, 1.54) is 48.5 Å². The van der Waals surface area contributed by atoms with Crippen molar-refractivity contribution in [3.05, 3.63) is 85.8 Å². The first kappa shape index (κ1) is 24.1. The summed E-state index contributed by atoms with van der Waals surface area (Å²) >= 11 is 12.2. The zero-order chi connectivity index (χ0) is 23.5. The molecule has 0 aliphatic carbocycles. The average Bonchev–Trinajstić information content (AvgIpc) is 2.74. The number of nitrogens with zero attached hydrogens (tertiary/aromatic N) is 2. The van der Waals surface area contributed by atoms with Gasteiger partial charge in [-0.25, -0.2) is 4.79 Å². The summed E-state index contributed by atoms with van der Waals surface area (Å²) in [6.45, 7) is 0. The fourth-order valence-electron chi connectivity index (χ4n) is 2.49. The molecule has 0 unspecified atom stereocenters. The van der Waals surface area contributed by atoms with Crippen LogP contribution in [-0.4, -0.2) is 25.4 Å². The number of hydrogen-bond acceptors (Lipinski definition) is 5. The van der Waals surface area contributed by atoms with Gasteiger partial charge < -0.3 is 10.4 Å². The number of benzene rings is 3. The number of hydrogen-bond donors (Lipinski definition) is 2. The molecule has 0 saturated heterocycles. The normalized spacial score (nSPS) is 11.5. The van der Waals surface area contributed by atoms with E-state index in [2.05, 4.69) is 46.8 Å². The van der Waals surface area contributed by atoms with E-state index < -0.39 is 21.9 Å². The number of carboxylic acid groups (broad SMARTS) is 1. The van der Waals surface area contributed by atoms with E-state index in [1.54, 1.807) is 6.07 Å². The predicted octanol–water partition coefficient (Wildman–Crippen LogP) is 6.29. The molecule has 0 heterocycles. The molecular weight excluding hydrogens is 590 g/mol. The minimum atomic E-state index is -4.22. The monoisotopic (exact) mass is 599 g/mol. The Kier molecular flexibility index (Phi) is 7.44. The van der Waals surface area contributed by atoms with Gasteiger partial charge >= 0.3 is 5.97 Å².